The van der Waals surface area contributed by atoms with Crippen molar-refractivity contribution in [3.8, 4) is 0 Å². The molecule has 0 aliphatic carbocycles. The Bertz CT molecular complexity index is 483. The van der Waals surface area contributed by atoms with E-state index in [1.807, 2.05) is 24.3 Å². The van der Waals surface area contributed by atoms with Crippen molar-refractivity contribution in [1.82, 2.24) is 0 Å². The molecule has 0 amide bonds. The molecule has 0 unspecified atom stereocenters. The molecule has 2 aromatic rings. The monoisotopic (exact) mass is 329 g/mol. The number of nitrogens with zero attached hydrogens (tertiary/aromatic N) is 1. The predicted molar refractivity (Wildman–Crippen MR) is 82.4 cm³/mol. The van der Waals surface area contributed by atoms with Crippen LogP contribution in [0.15, 0.2) is 48.5 Å². The van der Waals surface area contributed by atoms with Gasteiger partial charge in [-0.05, 0) is 24.3 Å². The van der Waals surface area contributed by atoms with Crippen molar-refractivity contribution in [2.75, 3.05) is 14.1 Å². The average molecular weight is 331 g/mol. The lowest BCUT2D eigenvalue weighted by molar-refractivity contribution is -0.916. The van der Waals surface area contributed by atoms with Gasteiger partial charge in [0.2, 0.25) is 0 Å². The Morgan fingerprint density at radius 2 is 1.00 bits per heavy atom. The van der Waals surface area contributed by atoms with Crippen molar-refractivity contribution in [3.63, 3.8) is 0 Å². The predicted octanol–water partition coefficient (Wildman–Crippen LogP) is 1.77. The van der Waals surface area contributed by atoms with Crippen molar-refractivity contribution in [1.29, 1.82) is 0 Å². The molecule has 0 radical (unpaired) electrons. The number of benzene rings is 2. The minimum absolute atomic E-state index is 0. The quantitative estimate of drug-likeness (QED) is 0.750. The van der Waals surface area contributed by atoms with Crippen molar-refractivity contribution < 1.29 is 16.9 Å². The van der Waals surface area contributed by atoms with Crippen molar-refractivity contribution in [2.24, 2.45) is 0 Å². The highest BCUT2D eigenvalue weighted by atomic mass is 35.5. The second-order valence-electron chi connectivity index (χ2n) is 5.50. The minimum atomic E-state index is 0. The zero-order valence-corrected chi connectivity index (χ0v) is 13.9. The molecule has 4 heteroatoms. The second kappa shape index (κ2) is 7.33. The highest BCUT2D eigenvalue weighted by molar-refractivity contribution is 6.30. The van der Waals surface area contributed by atoms with Crippen molar-refractivity contribution in [3.05, 3.63) is 69.7 Å². The smallest absolute Gasteiger partial charge is 0.104 e. The van der Waals surface area contributed by atoms with Gasteiger partial charge in [0.25, 0.3) is 0 Å². The molecular weight excluding hydrogens is 313 g/mol. The van der Waals surface area contributed by atoms with Crippen LogP contribution in [0.25, 0.3) is 0 Å². The summed E-state index contributed by atoms with van der Waals surface area (Å²) in [5.41, 5.74) is 2.59. The van der Waals surface area contributed by atoms with Gasteiger partial charge in [0, 0.05) is 21.2 Å². The fraction of sp³-hybridized carbons (Fsp3) is 0.250. The second-order valence-corrected chi connectivity index (χ2v) is 6.38. The molecule has 0 saturated carbocycles. The van der Waals surface area contributed by atoms with Crippen LogP contribution in [0, 0.1) is 0 Å². The van der Waals surface area contributed by atoms with E-state index in [2.05, 4.69) is 38.4 Å². The summed E-state index contributed by atoms with van der Waals surface area (Å²) in [6.07, 6.45) is 0. The molecule has 0 bridgehead atoms. The summed E-state index contributed by atoms with van der Waals surface area (Å²) in [7, 11) is 4.45. The van der Waals surface area contributed by atoms with Crippen molar-refractivity contribution >= 4 is 23.2 Å². The van der Waals surface area contributed by atoms with Crippen LogP contribution in [0.4, 0.5) is 0 Å². The molecule has 0 spiro atoms. The summed E-state index contributed by atoms with van der Waals surface area (Å²) in [5.74, 6) is 0. The van der Waals surface area contributed by atoms with Gasteiger partial charge < -0.3 is 16.9 Å². The van der Waals surface area contributed by atoms with Gasteiger partial charge in [-0.25, -0.2) is 0 Å². The molecule has 1 nitrogen and oxygen atoms in total. The molecule has 108 valence electrons. The Hall–Kier alpha value is -0.730. The third-order valence-electron chi connectivity index (χ3n) is 3.05. The first-order chi connectivity index (χ1) is 8.94. The largest absolute Gasteiger partial charge is 1.00 e. The Morgan fingerprint density at radius 1 is 0.700 bits per heavy atom. The Morgan fingerprint density at radius 3 is 1.30 bits per heavy atom. The summed E-state index contributed by atoms with van der Waals surface area (Å²) in [6.45, 7) is 1.94. The molecule has 2 rings (SSSR count). The van der Waals surface area contributed by atoms with E-state index >= 15 is 0 Å². The fourth-order valence-electron chi connectivity index (χ4n) is 2.22. The Kier molecular flexibility index (Phi) is 6.35. The minimum Gasteiger partial charge on any atom is -1.00 e. The maximum Gasteiger partial charge on any atom is 0.104 e. The van der Waals surface area contributed by atoms with Crippen LogP contribution in [-0.2, 0) is 13.1 Å². The maximum atomic E-state index is 5.91. The van der Waals surface area contributed by atoms with Crippen molar-refractivity contribution in [2.45, 2.75) is 13.1 Å². The summed E-state index contributed by atoms with van der Waals surface area (Å²) in [5, 5.41) is 1.57. The highest BCUT2D eigenvalue weighted by Gasteiger charge is 2.16. The number of hydrogen-bond acceptors (Lipinski definition) is 0. The zero-order chi connectivity index (χ0) is 13.9. The summed E-state index contributed by atoms with van der Waals surface area (Å²) < 4.78 is 0.892. The normalized spacial score (nSPS) is 11.0. The first-order valence-corrected chi connectivity index (χ1v) is 7.01. The van der Waals surface area contributed by atoms with E-state index in [4.69, 9.17) is 23.2 Å². The molecular formula is C16H18Cl3N. The first-order valence-electron chi connectivity index (χ1n) is 6.25. The Balaban J connectivity index is 0.00000200. The molecule has 0 aromatic heterocycles. The number of rotatable bonds is 4. The molecule has 2 aromatic carbocycles. The van der Waals surface area contributed by atoms with Gasteiger partial charge in [-0.2, -0.15) is 0 Å². The molecule has 0 atom stereocenters. The fourth-order valence-corrected chi connectivity index (χ4v) is 2.48. The molecule has 0 aliphatic heterocycles. The number of quaternary nitrogens is 1. The van der Waals surface area contributed by atoms with Gasteiger partial charge in [-0.3, -0.25) is 0 Å². The van der Waals surface area contributed by atoms with Crippen LogP contribution in [0.5, 0.6) is 0 Å². The lowest BCUT2D eigenvalue weighted by atomic mass is 10.1. The van der Waals surface area contributed by atoms with E-state index < -0.39 is 0 Å². The first kappa shape index (κ1) is 17.3. The van der Waals surface area contributed by atoms with Gasteiger partial charge in [0.05, 0.1) is 14.1 Å². The average Bonchev–Trinajstić information content (AvgIpc) is 2.34. The van der Waals surface area contributed by atoms with E-state index in [-0.39, 0.29) is 12.4 Å². The van der Waals surface area contributed by atoms with E-state index in [9.17, 15) is 0 Å². The van der Waals surface area contributed by atoms with Crippen LogP contribution in [0.1, 0.15) is 11.1 Å². The lowest BCUT2D eigenvalue weighted by Crippen LogP contribution is -3.00. The van der Waals surface area contributed by atoms with Crippen LogP contribution < -0.4 is 12.4 Å². The van der Waals surface area contributed by atoms with E-state index in [0.29, 0.717) is 0 Å². The van der Waals surface area contributed by atoms with Gasteiger partial charge in [0.15, 0.2) is 0 Å². The molecule has 0 saturated heterocycles. The Labute approximate surface area is 137 Å². The van der Waals surface area contributed by atoms with Gasteiger partial charge >= 0.3 is 0 Å². The molecule has 0 fully saturated rings. The maximum absolute atomic E-state index is 5.91. The van der Waals surface area contributed by atoms with Gasteiger partial charge in [-0.1, -0.05) is 47.5 Å². The van der Waals surface area contributed by atoms with Gasteiger partial charge in [-0.15, -0.1) is 0 Å². The summed E-state index contributed by atoms with van der Waals surface area (Å²) in [6, 6.07) is 16.1. The van der Waals surface area contributed by atoms with Crippen LogP contribution in [0.2, 0.25) is 10.0 Å². The lowest BCUT2D eigenvalue weighted by Gasteiger charge is -2.30. The molecule has 0 N–H and O–H groups in total. The van der Waals surface area contributed by atoms with Crippen LogP contribution in [-0.4, -0.2) is 18.6 Å². The van der Waals surface area contributed by atoms with E-state index in [0.717, 1.165) is 27.6 Å². The number of halogens is 3. The topological polar surface area (TPSA) is 0 Å². The summed E-state index contributed by atoms with van der Waals surface area (Å²) in [4.78, 5) is 0. The van der Waals surface area contributed by atoms with Gasteiger partial charge in [0.1, 0.15) is 13.1 Å². The van der Waals surface area contributed by atoms with E-state index in [1.54, 1.807) is 0 Å². The molecule has 0 heterocycles. The standard InChI is InChI=1S/C16H18Cl2N.ClH/c1-19(2,11-13-3-7-15(17)8-4-13)12-14-5-9-16(18)10-6-14;/h3-10H,11-12H2,1-2H3;1H/q+1;/p-1. The molecule has 20 heavy (non-hydrogen) atoms. The van der Waals surface area contributed by atoms with E-state index in [1.165, 1.54) is 11.1 Å². The SMILES string of the molecule is C[N+](C)(Cc1ccc(Cl)cc1)Cc1ccc(Cl)cc1.[Cl-]. The highest BCUT2D eigenvalue weighted by Crippen LogP contribution is 2.18. The summed E-state index contributed by atoms with van der Waals surface area (Å²) >= 11 is 11.8. The third kappa shape index (κ3) is 5.34. The third-order valence-corrected chi connectivity index (χ3v) is 3.55. The van der Waals surface area contributed by atoms with Crippen LogP contribution >= 0.6 is 23.2 Å². The van der Waals surface area contributed by atoms with Crippen LogP contribution in [0.3, 0.4) is 0 Å². The zero-order valence-electron chi connectivity index (χ0n) is 11.6. The number of hydrogen-bond donors (Lipinski definition) is 0. The molecule has 0 aliphatic rings.